The third kappa shape index (κ3) is 4.49. The molecule has 0 atom stereocenters. The van der Waals surface area contributed by atoms with Gasteiger partial charge in [-0.25, -0.2) is 18.0 Å². The van der Waals surface area contributed by atoms with Crippen LogP contribution in [0.15, 0.2) is 12.1 Å². The van der Waals surface area contributed by atoms with Gasteiger partial charge >= 0.3 is 12.0 Å². The molecule has 0 unspecified atom stereocenters. The molecular formula is C11H11F3N2O3. The summed E-state index contributed by atoms with van der Waals surface area (Å²) in [5.41, 5.74) is -0.280. The lowest BCUT2D eigenvalue weighted by molar-refractivity contribution is -0.141. The number of carbonyl (C=O) groups excluding carboxylic acids is 2. The lowest BCUT2D eigenvalue weighted by Gasteiger charge is -2.08. The van der Waals surface area contributed by atoms with Gasteiger partial charge in [0.25, 0.3) is 0 Å². The first-order chi connectivity index (χ1) is 8.93. The van der Waals surface area contributed by atoms with Crippen LogP contribution in [-0.4, -0.2) is 25.2 Å². The summed E-state index contributed by atoms with van der Waals surface area (Å²) >= 11 is 0. The van der Waals surface area contributed by atoms with Gasteiger partial charge in [0.15, 0.2) is 17.5 Å². The molecule has 8 heteroatoms. The quantitative estimate of drug-likeness (QED) is 0.650. The van der Waals surface area contributed by atoms with Gasteiger partial charge in [-0.05, 0) is 6.92 Å². The monoisotopic (exact) mass is 276 g/mol. The molecule has 0 aliphatic carbocycles. The second kappa shape index (κ2) is 6.62. The zero-order valence-corrected chi connectivity index (χ0v) is 9.93. The number of nitrogens with one attached hydrogen (secondary N) is 2. The van der Waals surface area contributed by atoms with Crippen LogP contribution in [0.25, 0.3) is 0 Å². The number of anilines is 1. The highest BCUT2D eigenvalue weighted by Gasteiger charge is 2.12. The zero-order chi connectivity index (χ0) is 14.4. The Labute approximate surface area is 106 Å². The topological polar surface area (TPSA) is 67.4 Å². The molecule has 0 heterocycles. The van der Waals surface area contributed by atoms with Gasteiger partial charge in [0.1, 0.15) is 6.54 Å². The van der Waals surface area contributed by atoms with E-state index in [9.17, 15) is 22.8 Å². The second-order valence-electron chi connectivity index (χ2n) is 3.37. The molecule has 0 spiro atoms. The molecule has 0 bridgehead atoms. The number of halogens is 3. The Kier molecular flexibility index (Phi) is 5.16. The molecule has 0 aliphatic rings. The summed E-state index contributed by atoms with van der Waals surface area (Å²) in [4.78, 5) is 22.2. The fourth-order valence-electron chi connectivity index (χ4n) is 1.17. The number of hydrogen-bond donors (Lipinski definition) is 2. The third-order valence-electron chi connectivity index (χ3n) is 1.94. The van der Waals surface area contributed by atoms with E-state index in [1.807, 2.05) is 5.32 Å². The fraction of sp³-hybridized carbons (Fsp3) is 0.273. The lowest BCUT2D eigenvalue weighted by Crippen LogP contribution is -2.34. The van der Waals surface area contributed by atoms with E-state index < -0.39 is 36.0 Å². The van der Waals surface area contributed by atoms with Crippen LogP contribution >= 0.6 is 0 Å². The predicted octanol–water partition coefficient (Wildman–Crippen LogP) is 1.79. The highest BCUT2D eigenvalue weighted by Crippen LogP contribution is 2.17. The van der Waals surface area contributed by atoms with Gasteiger partial charge in [-0.1, -0.05) is 0 Å². The van der Waals surface area contributed by atoms with Crippen LogP contribution in [0.3, 0.4) is 0 Å². The number of rotatable bonds is 4. The third-order valence-corrected chi connectivity index (χ3v) is 1.94. The summed E-state index contributed by atoms with van der Waals surface area (Å²) in [7, 11) is 0. The number of ether oxygens (including phenoxy) is 1. The Morgan fingerprint density at radius 2 is 1.79 bits per heavy atom. The smallest absolute Gasteiger partial charge is 0.325 e. The first kappa shape index (κ1) is 14.8. The van der Waals surface area contributed by atoms with E-state index in [0.717, 1.165) is 0 Å². The van der Waals surface area contributed by atoms with Gasteiger partial charge in [0, 0.05) is 17.8 Å². The van der Waals surface area contributed by atoms with E-state index in [-0.39, 0.29) is 12.3 Å². The molecule has 5 nitrogen and oxygen atoms in total. The Morgan fingerprint density at radius 3 is 2.32 bits per heavy atom. The van der Waals surface area contributed by atoms with Crippen LogP contribution < -0.4 is 10.6 Å². The first-order valence-electron chi connectivity index (χ1n) is 5.29. The van der Waals surface area contributed by atoms with Crippen molar-refractivity contribution in [1.29, 1.82) is 0 Å². The number of urea groups is 1. The van der Waals surface area contributed by atoms with Crippen LogP contribution in [0, 0.1) is 17.5 Å². The molecule has 2 N–H and O–H groups in total. The maximum atomic E-state index is 12.8. The molecule has 1 rings (SSSR count). The van der Waals surface area contributed by atoms with Gasteiger partial charge in [0.05, 0.1) is 6.61 Å². The summed E-state index contributed by atoms with van der Waals surface area (Å²) in [6.07, 6.45) is 0. The standard InChI is InChI=1S/C11H11F3N2O3/c1-2-19-9(17)5-15-11(18)16-6-3-7(12)10(14)8(13)4-6/h3-4H,2,5H2,1H3,(H2,15,16,18). The predicted molar refractivity (Wildman–Crippen MR) is 60.0 cm³/mol. The molecule has 0 fully saturated rings. The van der Waals surface area contributed by atoms with Crippen LogP contribution in [0.5, 0.6) is 0 Å². The maximum Gasteiger partial charge on any atom is 0.325 e. The summed E-state index contributed by atoms with van der Waals surface area (Å²) in [6, 6.07) is 0.350. The molecular weight excluding hydrogens is 265 g/mol. The largest absolute Gasteiger partial charge is 0.465 e. The Bertz CT molecular complexity index is 471. The van der Waals surface area contributed by atoms with Crippen LogP contribution in [0.1, 0.15) is 6.92 Å². The van der Waals surface area contributed by atoms with Crippen molar-refractivity contribution in [3.63, 3.8) is 0 Å². The minimum absolute atomic E-state index is 0.163. The molecule has 19 heavy (non-hydrogen) atoms. The van der Waals surface area contributed by atoms with Crippen LogP contribution in [0.4, 0.5) is 23.7 Å². The lowest BCUT2D eigenvalue weighted by atomic mass is 10.3. The van der Waals surface area contributed by atoms with Gasteiger partial charge in [-0.15, -0.1) is 0 Å². The van der Waals surface area contributed by atoms with Crippen molar-refractivity contribution >= 4 is 17.7 Å². The Balaban J connectivity index is 2.55. The van der Waals surface area contributed by atoms with Crippen molar-refractivity contribution in [3.8, 4) is 0 Å². The van der Waals surface area contributed by atoms with Crippen molar-refractivity contribution in [1.82, 2.24) is 5.32 Å². The van der Waals surface area contributed by atoms with E-state index >= 15 is 0 Å². The van der Waals surface area contributed by atoms with Crippen molar-refractivity contribution in [2.45, 2.75) is 6.92 Å². The summed E-state index contributed by atoms with van der Waals surface area (Å²) in [5, 5.41) is 4.15. The molecule has 0 radical (unpaired) electrons. The molecule has 1 aromatic carbocycles. The van der Waals surface area contributed by atoms with Gasteiger partial charge in [0.2, 0.25) is 0 Å². The van der Waals surface area contributed by atoms with Crippen molar-refractivity contribution < 1.29 is 27.5 Å². The first-order valence-corrected chi connectivity index (χ1v) is 5.29. The molecule has 0 aliphatic heterocycles. The Morgan fingerprint density at radius 1 is 1.21 bits per heavy atom. The fourth-order valence-corrected chi connectivity index (χ4v) is 1.17. The average Bonchev–Trinajstić information content (AvgIpc) is 2.34. The second-order valence-corrected chi connectivity index (χ2v) is 3.37. The number of esters is 1. The normalized spacial score (nSPS) is 9.89. The maximum absolute atomic E-state index is 12.8. The summed E-state index contributed by atoms with van der Waals surface area (Å²) < 4.78 is 42.9. The number of benzene rings is 1. The summed E-state index contributed by atoms with van der Waals surface area (Å²) in [6.45, 7) is 1.37. The minimum Gasteiger partial charge on any atom is -0.465 e. The highest BCUT2D eigenvalue weighted by atomic mass is 19.2. The number of hydrogen-bond acceptors (Lipinski definition) is 3. The molecule has 0 aromatic heterocycles. The molecule has 0 saturated heterocycles. The number of amides is 2. The van der Waals surface area contributed by atoms with E-state index in [1.165, 1.54) is 0 Å². The highest BCUT2D eigenvalue weighted by molar-refractivity contribution is 5.91. The Hall–Kier alpha value is -2.25. The molecule has 104 valence electrons. The van der Waals surface area contributed by atoms with E-state index in [2.05, 4.69) is 10.1 Å². The minimum atomic E-state index is -1.63. The summed E-state index contributed by atoms with van der Waals surface area (Å²) in [5.74, 6) is -5.15. The van der Waals surface area contributed by atoms with E-state index in [0.29, 0.717) is 12.1 Å². The molecule has 2 amide bonds. The molecule has 0 saturated carbocycles. The van der Waals surface area contributed by atoms with Gasteiger partial charge in [-0.3, -0.25) is 4.79 Å². The van der Waals surface area contributed by atoms with E-state index in [1.54, 1.807) is 6.92 Å². The van der Waals surface area contributed by atoms with Crippen LogP contribution in [-0.2, 0) is 9.53 Å². The zero-order valence-electron chi connectivity index (χ0n) is 9.93. The van der Waals surface area contributed by atoms with Crippen LogP contribution in [0.2, 0.25) is 0 Å². The SMILES string of the molecule is CCOC(=O)CNC(=O)Nc1cc(F)c(F)c(F)c1. The van der Waals surface area contributed by atoms with Crippen molar-refractivity contribution in [2.24, 2.45) is 0 Å². The average molecular weight is 276 g/mol. The van der Waals surface area contributed by atoms with Gasteiger partial charge < -0.3 is 15.4 Å². The molecule has 1 aromatic rings. The van der Waals surface area contributed by atoms with Crippen molar-refractivity contribution in [2.75, 3.05) is 18.5 Å². The van der Waals surface area contributed by atoms with Crippen molar-refractivity contribution in [3.05, 3.63) is 29.6 Å². The number of carbonyl (C=O) groups is 2. The van der Waals surface area contributed by atoms with E-state index in [4.69, 9.17) is 0 Å². The van der Waals surface area contributed by atoms with Gasteiger partial charge in [-0.2, -0.15) is 0 Å².